The fourth-order valence-electron chi connectivity index (χ4n) is 7.80. The molecule has 276 valence electrons. The maximum Gasteiger partial charge on any atom is 0.335 e. The lowest BCUT2D eigenvalue weighted by atomic mass is 9.92. The van der Waals surface area contributed by atoms with Crippen LogP contribution in [0.15, 0.2) is 77.7 Å². The summed E-state index contributed by atoms with van der Waals surface area (Å²) in [5.41, 5.74) is 4.50. The van der Waals surface area contributed by atoms with Crippen LogP contribution in [0.5, 0.6) is 0 Å². The van der Waals surface area contributed by atoms with Crippen LogP contribution >= 0.6 is 11.3 Å². The van der Waals surface area contributed by atoms with Crippen LogP contribution in [0, 0.1) is 5.92 Å². The Morgan fingerprint density at radius 2 is 1.53 bits per heavy atom. The van der Waals surface area contributed by atoms with Gasteiger partial charge in [0.25, 0.3) is 11.8 Å². The Kier molecular flexibility index (Phi) is 10.5. The number of carboxylic acids is 1. The summed E-state index contributed by atoms with van der Waals surface area (Å²) in [7, 11) is -3.92. The predicted octanol–water partition coefficient (Wildman–Crippen LogP) is 6.25. The fourth-order valence-corrected chi connectivity index (χ4v) is 10.6. The van der Waals surface area contributed by atoms with Gasteiger partial charge in [-0.25, -0.2) is 13.2 Å². The highest BCUT2D eigenvalue weighted by Gasteiger charge is 2.44. The SMILES string of the molecule is CC(=O)N1CCCC2CN(S(=O)(=O)c3cccc(C(=O)Nc4sc5c(c4C(=O)Nc4ccc(CCc6ccc(C(=O)O)cc6)cc4)CCCC5)c3)CC21. The molecule has 0 bridgehead atoms. The van der Waals surface area contributed by atoms with E-state index in [1.807, 2.05) is 36.4 Å². The molecule has 3 N–H and O–H groups in total. The van der Waals surface area contributed by atoms with Gasteiger partial charge in [0.2, 0.25) is 15.9 Å². The molecule has 0 saturated carbocycles. The molecule has 3 aliphatic rings. The standard InChI is InChI=1S/C40H42N4O7S2/c1-25(45)44-21-5-7-30-23-43(24-34(30)44)53(50,51)32-8-4-6-29(22-32)37(46)42-39-36(33-9-2-3-10-35(33)52-39)38(47)41-31-19-15-27(16-20-31)12-11-26-13-17-28(18-14-26)40(48)49/h4,6,8,13-20,22,30,34H,2-3,5,7,9-12,21,23-24H2,1H3,(H,41,47)(H,42,46)(H,48,49). The lowest BCUT2D eigenvalue weighted by Gasteiger charge is -2.36. The summed E-state index contributed by atoms with van der Waals surface area (Å²) in [6.45, 7) is 2.72. The summed E-state index contributed by atoms with van der Waals surface area (Å²) in [6, 6.07) is 20.3. The predicted molar refractivity (Wildman–Crippen MR) is 203 cm³/mol. The Labute approximate surface area is 313 Å². The molecule has 3 amide bonds. The summed E-state index contributed by atoms with van der Waals surface area (Å²) in [4.78, 5) is 53.8. The first-order chi connectivity index (χ1) is 25.5. The van der Waals surface area contributed by atoms with Crippen LogP contribution in [0.4, 0.5) is 10.7 Å². The van der Waals surface area contributed by atoms with E-state index in [0.717, 1.165) is 72.9 Å². The smallest absolute Gasteiger partial charge is 0.335 e. The summed E-state index contributed by atoms with van der Waals surface area (Å²) < 4.78 is 29.1. The minimum absolute atomic E-state index is 0.0150. The number of benzene rings is 3. The second-order valence-corrected chi connectivity index (χ2v) is 17.1. The van der Waals surface area contributed by atoms with E-state index >= 15 is 0 Å². The largest absolute Gasteiger partial charge is 0.478 e. The topological polar surface area (TPSA) is 153 Å². The normalized spacial score (nSPS) is 18.5. The Bertz CT molecular complexity index is 2160. The molecule has 3 aromatic carbocycles. The molecule has 0 spiro atoms. The number of amides is 3. The molecule has 3 heterocycles. The van der Waals surface area contributed by atoms with Crippen molar-refractivity contribution in [1.29, 1.82) is 0 Å². The summed E-state index contributed by atoms with van der Waals surface area (Å²) in [6.07, 6.45) is 6.67. The van der Waals surface area contributed by atoms with E-state index in [-0.39, 0.29) is 46.3 Å². The van der Waals surface area contributed by atoms with Gasteiger partial charge < -0.3 is 20.6 Å². The van der Waals surface area contributed by atoms with E-state index in [0.29, 0.717) is 29.3 Å². The maximum absolute atomic E-state index is 13.9. The van der Waals surface area contributed by atoms with Gasteiger partial charge in [0.05, 0.1) is 16.0 Å². The number of carbonyl (C=O) groups excluding carboxylic acids is 3. The first kappa shape index (κ1) is 36.5. The minimum atomic E-state index is -3.92. The average molecular weight is 755 g/mol. The highest BCUT2D eigenvalue weighted by atomic mass is 32.2. The number of piperidine rings is 1. The number of carbonyl (C=O) groups is 4. The molecule has 2 fully saturated rings. The van der Waals surface area contributed by atoms with Crippen molar-refractivity contribution in [3.05, 3.63) is 111 Å². The monoisotopic (exact) mass is 754 g/mol. The van der Waals surface area contributed by atoms with E-state index in [4.69, 9.17) is 5.11 Å². The molecule has 2 unspecified atom stereocenters. The number of aromatic carboxylic acids is 1. The number of aryl methyl sites for hydroxylation is 3. The molecule has 53 heavy (non-hydrogen) atoms. The third kappa shape index (κ3) is 7.78. The van der Waals surface area contributed by atoms with Crippen LogP contribution in [-0.2, 0) is 40.5 Å². The van der Waals surface area contributed by atoms with Gasteiger partial charge in [0.1, 0.15) is 5.00 Å². The van der Waals surface area contributed by atoms with E-state index in [1.54, 1.807) is 29.2 Å². The Morgan fingerprint density at radius 1 is 0.830 bits per heavy atom. The number of carboxylic acid groups (broad SMARTS) is 1. The molecule has 2 saturated heterocycles. The lowest BCUT2D eigenvalue weighted by molar-refractivity contribution is -0.133. The molecule has 7 rings (SSSR count). The van der Waals surface area contributed by atoms with Gasteiger partial charge in [-0.05, 0) is 116 Å². The quantitative estimate of drug-likeness (QED) is 0.173. The molecule has 2 atom stereocenters. The van der Waals surface area contributed by atoms with Crippen LogP contribution in [-0.4, -0.2) is 72.1 Å². The van der Waals surface area contributed by atoms with Crippen molar-refractivity contribution in [2.24, 2.45) is 5.92 Å². The minimum Gasteiger partial charge on any atom is -0.478 e. The third-order valence-corrected chi connectivity index (χ3v) is 13.7. The number of thiophene rings is 1. The molecule has 1 aromatic heterocycles. The Morgan fingerprint density at radius 3 is 2.23 bits per heavy atom. The van der Waals surface area contributed by atoms with Crippen molar-refractivity contribution in [2.75, 3.05) is 30.3 Å². The Balaban J connectivity index is 1.04. The number of fused-ring (bicyclic) bond motifs is 2. The summed E-state index contributed by atoms with van der Waals surface area (Å²) in [5.74, 6) is -1.75. The summed E-state index contributed by atoms with van der Waals surface area (Å²) >= 11 is 1.39. The van der Waals surface area contributed by atoms with E-state index in [9.17, 15) is 27.6 Å². The Hall–Kier alpha value is -4.85. The first-order valence-electron chi connectivity index (χ1n) is 18.0. The average Bonchev–Trinajstić information content (AvgIpc) is 3.77. The third-order valence-electron chi connectivity index (χ3n) is 10.6. The molecule has 11 nitrogen and oxygen atoms in total. The van der Waals surface area contributed by atoms with Crippen molar-refractivity contribution in [2.45, 2.75) is 69.2 Å². The number of anilines is 2. The maximum atomic E-state index is 13.9. The molecule has 0 radical (unpaired) electrons. The molecule has 13 heteroatoms. The van der Waals surface area contributed by atoms with Gasteiger partial charge in [0.15, 0.2) is 0 Å². The van der Waals surface area contributed by atoms with Gasteiger partial charge in [-0.1, -0.05) is 30.3 Å². The van der Waals surface area contributed by atoms with Gasteiger partial charge >= 0.3 is 5.97 Å². The van der Waals surface area contributed by atoms with Gasteiger partial charge in [-0.15, -0.1) is 11.3 Å². The van der Waals surface area contributed by atoms with E-state index in [2.05, 4.69) is 10.6 Å². The van der Waals surface area contributed by atoms with Crippen LogP contribution in [0.1, 0.15) is 85.2 Å². The van der Waals surface area contributed by atoms with Crippen LogP contribution in [0.2, 0.25) is 0 Å². The highest BCUT2D eigenvalue weighted by Crippen LogP contribution is 2.39. The van der Waals surface area contributed by atoms with Gasteiger partial charge in [0, 0.05) is 48.7 Å². The molecule has 4 aromatic rings. The second kappa shape index (κ2) is 15.2. The van der Waals surface area contributed by atoms with Crippen LogP contribution in [0.25, 0.3) is 0 Å². The van der Waals surface area contributed by atoms with Crippen molar-refractivity contribution in [3.63, 3.8) is 0 Å². The number of hydrogen-bond donors (Lipinski definition) is 3. The van der Waals surface area contributed by atoms with Gasteiger partial charge in [-0.3, -0.25) is 14.4 Å². The number of nitrogens with one attached hydrogen (secondary N) is 2. The zero-order valence-electron chi connectivity index (χ0n) is 29.5. The van der Waals surface area contributed by atoms with Crippen LogP contribution in [0.3, 0.4) is 0 Å². The highest BCUT2D eigenvalue weighted by molar-refractivity contribution is 7.89. The van der Waals surface area contributed by atoms with E-state index < -0.39 is 21.9 Å². The number of likely N-dealkylation sites (tertiary alicyclic amines) is 1. The zero-order chi connectivity index (χ0) is 37.3. The molecular weight excluding hydrogens is 713 g/mol. The number of hydrogen-bond acceptors (Lipinski definition) is 7. The number of rotatable bonds is 10. The van der Waals surface area contributed by atoms with E-state index in [1.165, 1.54) is 34.7 Å². The lowest BCUT2D eigenvalue weighted by Crippen LogP contribution is -2.47. The zero-order valence-corrected chi connectivity index (χ0v) is 31.1. The number of nitrogens with zero attached hydrogens (tertiary/aromatic N) is 2. The van der Waals surface area contributed by atoms with Crippen molar-refractivity contribution in [3.8, 4) is 0 Å². The molecular formula is C40H42N4O7S2. The first-order valence-corrected chi connectivity index (χ1v) is 20.3. The van der Waals surface area contributed by atoms with Crippen molar-refractivity contribution < 1.29 is 32.7 Å². The van der Waals surface area contributed by atoms with Crippen LogP contribution < -0.4 is 10.6 Å². The van der Waals surface area contributed by atoms with Crippen molar-refractivity contribution in [1.82, 2.24) is 9.21 Å². The second-order valence-electron chi connectivity index (χ2n) is 14.1. The van der Waals surface area contributed by atoms with Crippen molar-refractivity contribution >= 4 is 55.7 Å². The summed E-state index contributed by atoms with van der Waals surface area (Å²) in [5, 5.41) is 15.5. The number of sulfonamides is 1. The fraction of sp³-hybridized carbons (Fsp3) is 0.350. The molecule has 2 aliphatic heterocycles. The van der Waals surface area contributed by atoms with Gasteiger partial charge in [-0.2, -0.15) is 4.31 Å². The molecule has 1 aliphatic carbocycles.